The second-order valence-corrected chi connectivity index (χ2v) is 7.17. The number of carbonyl (C=O) groups is 1. The van der Waals surface area contributed by atoms with Crippen LogP contribution in [0.5, 0.6) is 0 Å². The molecule has 1 saturated heterocycles. The van der Waals surface area contributed by atoms with E-state index in [1.807, 2.05) is 20.8 Å². The SMILES string of the molecule is CCc1ccc(C2CC(N)CN(C(=O)OC(C)(C)C)C2)cc1. The molecule has 4 heteroatoms. The second kappa shape index (κ2) is 6.69. The van der Waals surface area contributed by atoms with Crippen molar-refractivity contribution in [2.75, 3.05) is 13.1 Å². The highest BCUT2D eigenvalue weighted by molar-refractivity contribution is 5.68. The Morgan fingerprint density at radius 2 is 1.91 bits per heavy atom. The van der Waals surface area contributed by atoms with Crippen molar-refractivity contribution in [3.63, 3.8) is 0 Å². The quantitative estimate of drug-likeness (QED) is 0.912. The van der Waals surface area contributed by atoms with Crippen LogP contribution in [0.15, 0.2) is 24.3 Å². The van der Waals surface area contributed by atoms with E-state index < -0.39 is 5.60 Å². The van der Waals surface area contributed by atoms with Crippen molar-refractivity contribution in [2.24, 2.45) is 5.73 Å². The third-order valence-corrected chi connectivity index (χ3v) is 3.99. The highest BCUT2D eigenvalue weighted by Gasteiger charge is 2.31. The molecule has 2 rings (SSSR count). The summed E-state index contributed by atoms with van der Waals surface area (Å²) in [6.45, 7) is 9.05. The van der Waals surface area contributed by atoms with Crippen molar-refractivity contribution in [3.8, 4) is 0 Å². The molecule has 22 heavy (non-hydrogen) atoms. The summed E-state index contributed by atoms with van der Waals surface area (Å²) in [5, 5.41) is 0. The number of benzene rings is 1. The van der Waals surface area contributed by atoms with Gasteiger partial charge in [0.1, 0.15) is 5.60 Å². The third-order valence-electron chi connectivity index (χ3n) is 3.99. The maximum absolute atomic E-state index is 12.3. The van der Waals surface area contributed by atoms with Gasteiger partial charge in [-0.05, 0) is 44.7 Å². The molecule has 1 heterocycles. The number of rotatable bonds is 2. The van der Waals surface area contributed by atoms with Gasteiger partial charge in [0.2, 0.25) is 0 Å². The van der Waals surface area contributed by atoms with Gasteiger partial charge in [-0.25, -0.2) is 4.79 Å². The highest BCUT2D eigenvalue weighted by atomic mass is 16.6. The molecule has 0 bridgehead atoms. The van der Waals surface area contributed by atoms with Crippen LogP contribution in [0.4, 0.5) is 4.79 Å². The molecule has 0 aliphatic carbocycles. The van der Waals surface area contributed by atoms with Crippen molar-refractivity contribution >= 4 is 6.09 Å². The molecule has 1 aromatic carbocycles. The fourth-order valence-electron chi connectivity index (χ4n) is 2.88. The van der Waals surface area contributed by atoms with E-state index >= 15 is 0 Å². The van der Waals surface area contributed by atoms with Crippen LogP contribution in [0.2, 0.25) is 0 Å². The molecular formula is C18H28N2O2. The van der Waals surface area contributed by atoms with Crippen LogP contribution in [0.25, 0.3) is 0 Å². The summed E-state index contributed by atoms with van der Waals surface area (Å²) in [5.41, 5.74) is 8.26. The number of nitrogens with two attached hydrogens (primary N) is 1. The zero-order chi connectivity index (χ0) is 16.3. The number of aryl methyl sites for hydroxylation is 1. The Kier molecular flexibility index (Phi) is 5.12. The number of piperidine rings is 1. The normalized spacial score (nSPS) is 22.5. The van der Waals surface area contributed by atoms with E-state index in [0.717, 1.165) is 12.8 Å². The number of carbonyl (C=O) groups excluding carboxylic acids is 1. The summed E-state index contributed by atoms with van der Waals surface area (Å²) < 4.78 is 5.48. The average Bonchev–Trinajstić information content (AvgIpc) is 2.45. The van der Waals surface area contributed by atoms with E-state index in [1.165, 1.54) is 11.1 Å². The number of nitrogens with zero attached hydrogens (tertiary/aromatic N) is 1. The summed E-state index contributed by atoms with van der Waals surface area (Å²) >= 11 is 0. The molecule has 0 radical (unpaired) electrons. The van der Waals surface area contributed by atoms with Gasteiger partial charge in [0.05, 0.1) is 0 Å². The smallest absolute Gasteiger partial charge is 0.410 e. The summed E-state index contributed by atoms with van der Waals surface area (Å²) in [4.78, 5) is 14.0. The van der Waals surface area contributed by atoms with Crippen LogP contribution < -0.4 is 5.73 Å². The molecule has 1 fully saturated rings. The fourth-order valence-corrected chi connectivity index (χ4v) is 2.88. The number of ether oxygens (including phenoxy) is 1. The lowest BCUT2D eigenvalue weighted by Crippen LogP contribution is -2.50. The van der Waals surface area contributed by atoms with E-state index in [9.17, 15) is 4.79 Å². The van der Waals surface area contributed by atoms with Gasteiger partial charge < -0.3 is 15.4 Å². The van der Waals surface area contributed by atoms with Gasteiger partial charge in [-0.3, -0.25) is 0 Å². The molecule has 0 spiro atoms. The summed E-state index contributed by atoms with van der Waals surface area (Å²) in [7, 11) is 0. The largest absolute Gasteiger partial charge is 0.444 e. The van der Waals surface area contributed by atoms with Crippen LogP contribution in [0.3, 0.4) is 0 Å². The second-order valence-electron chi connectivity index (χ2n) is 7.17. The lowest BCUT2D eigenvalue weighted by Gasteiger charge is -2.37. The van der Waals surface area contributed by atoms with Crippen LogP contribution in [0, 0.1) is 0 Å². The number of hydrogen-bond donors (Lipinski definition) is 1. The van der Waals surface area contributed by atoms with Gasteiger partial charge in [0.25, 0.3) is 0 Å². The first-order chi connectivity index (χ1) is 10.3. The Morgan fingerprint density at radius 3 is 2.45 bits per heavy atom. The van der Waals surface area contributed by atoms with Gasteiger partial charge >= 0.3 is 6.09 Å². The van der Waals surface area contributed by atoms with Crippen molar-refractivity contribution in [3.05, 3.63) is 35.4 Å². The van der Waals surface area contributed by atoms with Crippen LogP contribution >= 0.6 is 0 Å². The van der Waals surface area contributed by atoms with Crippen molar-refractivity contribution < 1.29 is 9.53 Å². The van der Waals surface area contributed by atoms with E-state index in [0.29, 0.717) is 13.1 Å². The minimum Gasteiger partial charge on any atom is -0.444 e. The molecule has 0 aromatic heterocycles. The first-order valence-electron chi connectivity index (χ1n) is 8.11. The maximum Gasteiger partial charge on any atom is 0.410 e. The zero-order valence-electron chi connectivity index (χ0n) is 14.1. The first-order valence-corrected chi connectivity index (χ1v) is 8.11. The predicted molar refractivity (Wildman–Crippen MR) is 89.0 cm³/mol. The topological polar surface area (TPSA) is 55.6 Å². The molecule has 1 aromatic rings. The van der Waals surface area contributed by atoms with Crippen molar-refractivity contribution in [1.82, 2.24) is 4.90 Å². The monoisotopic (exact) mass is 304 g/mol. The fraction of sp³-hybridized carbons (Fsp3) is 0.611. The highest BCUT2D eigenvalue weighted by Crippen LogP contribution is 2.27. The lowest BCUT2D eigenvalue weighted by atomic mass is 9.88. The Balaban J connectivity index is 2.08. The van der Waals surface area contributed by atoms with Crippen molar-refractivity contribution in [1.29, 1.82) is 0 Å². The lowest BCUT2D eigenvalue weighted by molar-refractivity contribution is 0.0181. The van der Waals surface area contributed by atoms with Crippen LogP contribution in [-0.2, 0) is 11.2 Å². The average molecular weight is 304 g/mol. The molecule has 122 valence electrons. The van der Waals surface area contributed by atoms with Crippen LogP contribution in [-0.4, -0.2) is 35.7 Å². The van der Waals surface area contributed by atoms with E-state index in [4.69, 9.17) is 10.5 Å². The molecule has 1 amide bonds. The van der Waals surface area contributed by atoms with Gasteiger partial charge in [0, 0.05) is 25.0 Å². The molecule has 2 unspecified atom stereocenters. The predicted octanol–water partition coefficient (Wildman–Crippen LogP) is 3.30. The molecule has 2 atom stereocenters. The van der Waals surface area contributed by atoms with Gasteiger partial charge in [-0.15, -0.1) is 0 Å². The van der Waals surface area contributed by atoms with E-state index in [1.54, 1.807) is 4.90 Å². The molecule has 0 saturated carbocycles. The zero-order valence-corrected chi connectivity index (χ0v) is 14.1. The first kappa shape index (κ1) is 16.8. The van der Waals surface area contributed by atoms with Crippen LogP contribution in [0.1, 0.15) is 51.2 Å². The maximum atomic E-state index is 12.3. The Hall–Kier alpha value is -1.55. The summed E-state index contributed by atoms with van der Waals surface area (Å²) in [6, 6.07) is 8.64. The number of amides is 1. The molecule has 4 nitrogen and oxygen atoms in total. The molecule has 2 N–H and O–H groups in total. The minimum absolute atomic E-state index is 0.00267. The molecule has 1 aliphatic heterocycles. The summed E-state index contributed by atoms with van der Waals surface area (Å²) in [6.07, 6.45) is 1.68. The van der Waals surface area contributed by atoms with Gasteiger partial charge in [-0.2, -0.15) is 0 Å². The van der Waals surface area contributed by atoms with Gasteiger partial charge in [-0.1, -0.05) is 31.2 Å². The van der Waals surface area contributed by atoms with E-state index in [-0.39, 0.29) is 18.1 Å². The minimum atomic E-state index is -0.475. The van der Waals surface area contributed by atoms with Crippen molar-refractivity contribution in [2.45, 2.75) is 58.1 Å². The standard InChI is InChI=1S/C18H28N2O2/c1-5-13-6-8-14(9-7-13)15-10-16(19)12-20(11-15)17(21)22-18(2,3)4/h6-9,15-16H,5,10-12,19H2,1-4H3. The van der Waals surface area contributed by atoms with E-state index in [2.05, 4.69) is 31.2 Å². The Labute approximate surface area is 133 Å². The Bertz CT molecular complexity index is 505. The Morgan fingerprint density at radius 1 is 1.27 bits per heavy atom. The molecule has 1 aliphatic rings. The summed E-state index contributed by atoms with van der Waals surface area (Å²) in [5.74, 6) is 0.280. The van der Waals surface area contributed by atoms with Gasteiger partial charge in [0.15, 0.2) is 0 Å². The number of likely N-dealkylation sites (tertiary alicyclic amines) is 1. The number of hydrogen-bond acceptors (Lipinski definition) is 3. The molecular weight excluding hydrogens is 276 g/mol. The third kappa shape index (κ3) is 4.47.